The zero-order chi connectivity index (χ0) is 41.3. The van der Waals surface area contributed by atoms with E-state index in [9.17, 15) is 0 Å². The fraction of sp³-hybridized carbons (Fsp3) is 0.102. The molecule has 8 aromatic rings. The number of nitrogens with zero attached hydrogens (tertiary/aromatic N) is 1. The fourth-order valence-electron chi connectivity index (χ4n) is 8.20. The van der Waals surface area contributed by atoms with Crippen LogP contribution >= 0.6 is 0 Å². The molecule has 7 aromatic carbocycles. The third-order valence-electron chi connectivity index (χ3n) is 11.6. The molecule has 0 saturated heterocycles. The zero-order valence-corrected chi connectivity index (χ0v) is 34.6. The predicted molar refractivity (Wildman–Crippen MR) is 259 cm³/mol. The van der Waals surface area contributed by atoms with Gasteiger partial charge in [0.2, 0.25) is 5.89 Å². The first-order valence-electron chi connectivity index (χ1n) is 21.5. The van der Waals surface area contributed by atoms with Crippen molar-refractivity contribution >= 4 is 41.5 Å². The van der Waals surface area contributed by atoms with Crippen molar-refractivity contribution < 1.29 is 4.42 Å². The second-order valence-corrected chi connectivity index (χ2v) is 15.9. The lowest BCUT2D eigenvalue weighted by atomic mass is 9.74. The molecule has 1 heterocycles. The van der Waals surface area contributed by atoms with Crippen molar-refractivity contribution in [3.63, 3.8) is 0 Å². The van der Waals surface area contributed by atoms with Crippen LogP contribution in [0.1, 0.15) is 71.0 Å². The van der Waals surface area contributed by atoms with Crippen molar-refractivity contribution in [2.45, 2.75) is 38.0 Å². The summed E-state index contributed by atoms with van der Waals surface area (Å²) in [6, 6.07) is 62.4. The molecule has 0 spiro atoms. The van der Waals surface area contributed by atoms with Crippen LogP contribution in [0.25, 0.3) is 63.7 Å². The summed E-state index contributed by atoms with van der Waals surface area (Å²) in [5.41, 5.74) is 15.0. The zero-order valence-electron chi connectivity index (χ0n) is 34.6. The highest BCUT2D eigenvalue weighted by atomic mass is 16.3. The number of aromatic nitrogens is 1. The molecule has 0 saturated carbocycles. The van der Waals surface area contributed by atoms with Gasteiger partial charge in [-0.2, -0.15) is 0 Å². The lowest BCUT2D eigenvalue weighted by Crippen LogP contribution is -2.26. The summed E-state index contributed by atoms with van der Waals surface area (Å²) < 4.78 is 7.04. The van der Waals surface area contributed by atoms with Crippen LogP contribution in [0, 0.1) is 0 Å². The van der Waals surface area contributed by atoms with Crippen molar-refractivity contribution in [3.05, 3.63) is 251 Å². The van der Waals surface area contributed by atoms with Gasteiger partial charge in [0, 0.05) is 5.56 Å². The number of allylic oxidation sites excluding steroid dienone is 5. The maximum absolute atomic E-state index is 7.04. The summed E-state index contributed by atoms with van der Waals surface area (Å²) in [5, 5.41) is 0. The highest BCUT2D eigenvalue weighted by Crippen LogP contribution is 2.44. The Balaban J connectivity index is 1.17. The van der Waals surface area contributed by atoms with Gasteiger partial charge in [-0.25, -0.2) is 4.98 Å². The minimum Gasteiger partial charge on any atom is -0.439 e. The molecule has 2 nitrogen and oxygen atoms in total. The molecule has 2 heteroatoms. The molecule has 0 fully saturated rings. The van der Waals surface area contributed by atoms with E-state index >= 15 is 0 Å². The van der Waals surface area contributed by atoms with Gasteiger partial charge in [-0.1, -0.05) is 226 Å². The Bertz CT molecular complexity index is 2880. The van der Waals surface area contributed by atoms with Gasteiger partial charge in [-0.3, -0.25) is 0 Å². The molecule has 1 aromatic heterocycles. The molecule has 0 N–H and O–H groups in total. The fourth-order valence-corrected chi connectivity index (χ4v) is 8.20. The molecular weight excluding hydrogens is 739 g/mol. The van der Waals surface area contributed by atoms with Gasteiger partial charge in [0.15, 0.2) is 5.58 Å². The van der Waals surface area contributed by atoms with Gasteiger partial charge in [-0.05, 0) is 98.7 Å². The van der Waals surface area contributed by atoms with Crippen LogP contribution in [0.4, 0.5) is 0 Å². The van der Waals surface area contributed by atoms with Crippen LogP contribution in [0.3, 0.4) is 0 Å². The Morgan fingerprint density at radius 3 is 1.69 bits per heavy atom. The van der Waals surface area contributed by atoms with Crippen LogP contribution in [0.15, 0.2) is 210 Å². The number of unbranched alkanes of at least 4 members (excludes halogenated alkanes) is 1. The maximum atomic E-state index is 7.04. The first kappa shape index (κ1) is 39.2. The second kappa shape index (κ2) is 18.3. The molecule has 1 aliphatic carbocycles. The average molecular weight is 788 g/mol. The van der Waals surface area contributed by atoms with E-state index in [1.165, 1.54) is 22.3 Å². The molecule has 296 valence electrons. The normalized spacial score (nSPS) is 15.3. The molecule has 0 aliphatic heterocycles. The number of benzene rings is 7. The van der Waals surface area contributed by atoms with E-state index in [4.69, 9.17) is 9.40 Å². The van der Waals surface area contributed by atoms with Crippen LogP contribution in [0.5, 0.6) is 0 Å². The van der Waals surface area contributed by atoms with E-state index in [1.807, 2.05) is 12.1 Å². The molecule has 0 bridgehead atoms. The number of fused-ring (bicyclic) bond motifs is 1. The van der Waals surface area contributed by atoms with E-state index < -0.39 is 5.41 Å². The standard InChI is InChI=1S/C59H49NO/c1-2-3-16-50-42-55(57-56(43-50)61-58(60-57)59(52-23-14-7-15-24-52)39-37-48(38-40-59)28-26-45-19-10-5-11-20-45)54-41-49(30-29-46-21-12-6-13-22-46)33-36-53(54)51-34-31-47(32-35-51)27-25-44-17-8-4-9-18-44/h4-15,17-39,41-43H,2-3,16,40H2,1H3. The number of hydrogen-bond acceptors (Lipinski definition) is 2. The third-order valence-corrected chi connectivity index (χ3v) is 11.6. The van der Waals surface area contributed by atoms with E-state index in [0.717, 1.165) is 81.3 Å². The summed E-state index contributed by atoms with van der Waals surface area (Å²) in [7, 11) is 0. The Hall–Kier alpha value is -7.29. The maximum Gasteiger partial charge on any atom is 0.210 e. The summed E-state index contributed by atoms with van der Waals surface area (Å²) in [6.45, 7) is 2.25. The lowest BCUT2D eigenvalue weighted by Gasteiger charge is -2.29. The monoisotopic (exact) mass is 787 g/mol. The summed E-state index contributed by atoms with van der Waals surface area (Å²) in [5.74, 6) is 0.706. The van der Waals surface area contributed by atoms with Crippen molar-refractivity contribution in [2.75, 3.05) is 0 Å². The lowest BCUT2D eigenvalue weighted by molar-refractivity contribution is 0.440. The van der Waals surface area contributed by atoms with Crippen molar-refractivity contribution in [3.8, 4) is 22.3 Å². The molecule has 1 aliphatic rings. The van der Waals surface area contributed by atoms with E-state index in [1.54, 1.807) is 0 Å². The van der Waals surface area contributed by atoms with Gasteiger partial charge in [0.25, 0.3) is 0 Å². The van der Waals surface area contributed by atoms with Crippen LogP contribution in [-0.4, -0.2) is 4.98 Å². The first-order chi connectivity index (χ1) is 30.1. The van der Waals surface area contributed by atoms with Gasteiger partial charge >= 0.3 is 0 Å². The van der Waals surface area contributed by atoms with E-state index in [2.05, 4.69) is 225 Å². The van der Waals surface area contributed by atoms with Crippen LogP contribution in [-0.2, 0) is 11.8 Å². The largest absolute Gasteiger partial charge is 0.439 e. The number of rotatable bonds is 13. The van der Waals surface area contributed by atoms with Crippen molar-refractivity contribution in [2.24, 2.45) is 0 Å². The summed E-state index contributed by atoms with van der Waals surface area (Å²) in [4.78, 5) is 5.53. The smallest absolute Gasteiger partial charge is 0.210 e. The Morgan fingerprint density at radius 2 is 1.10 bits per heavy atom. The Morgan fingerprint density at radius 1 is 0.541 bits per heavy atom. The molecule has 1 atom stereocenters. The Labute approximate surface area is 360 Å². The Kier molecular flexibility index (Phi) is 11.8. The second-order valence-electron chi connectivity index (χ2n) is 15.9. The van der Waals surface area contributed by atoms with Crippen molar-refractivity contribution in [1.82, 2.24) is 4.98 Å². The predicted octanol–water partition coefficient (Wildman–Crippen LogP) is 15.7. The number of aryl methyl sites for hydroxylation is 1. The van der Waals surface area contributed by atoms with E-state index in [-0.39, 0.29) is 0 Å². The van der Waals surface area contributed by atoms with Gasteiger partial charge < -0.3 is 4.42 Å². The van der Waals surface area contributed by atoms with E-state index in [0.29, 0.717) is 5.89 Å². The minimum atomic E-state index is -0.572. The van der Waals surface area contributed by atoms with Gasteiger partial charge in [0.1, 0.15) is 5.52 Å². The minimum absolute atomic E-state index is 0.572. The highest BCUT2D eigenvalue weighted by molar-refractivity contribution is 5.98. The molecule has 9 rings (SSSR count). The number of oxazole rings is 1. The first-order valence-corrected chi connectivity index (χ1v) is 21.5. The highest BCUT2D eigenvalue weighted by Gasteiger charge is 2.38. The number of hydrogen-bond donors (Lipinski definition) is 0. The van der Waals surface area contributed by atoms with Gasteiger partial charge in [0.05, 0.1) is 5.41 Å². The van der Waals surface area contributed by atoms with Crippen molar-refractivity contribution in [1.29, 1.82) is 0 Å². The SMILES string of the molecule is CCCCc1cc(-c2cc(C=Cc3ccccc3)ccc2-c2ccc(C=Cc3ccccc3)cc2)c2nc(C3(c4ccccc4)C=CC(C=Cc4ccccc4)=CC3)oc2c1. The summed E-state index contributed by atoms with van der Waals surface area (Å²) in [6.07, 6.45) is 23.8. The topological polar surface area (TPSA) is 26.0 Å². The molecule has 1 unspecified atom stereocenters. The van der Waals surface area contributed by atoms with Crippen LogP contribution in [0.2, 0.25) is 0 Å². The average Bonchev–Trinajstić information content (AvgIpc) is 3.78. The molecule has 0 radical (unpaired) electrons. The quantitative estimate of drug-likeness (QED) is 0.109. The molecule has 61 heavy (non-hydrogen) atoms. The molecule has 0 amide bonds. The summed E-state index contributed by atoms with van der Waals surface area (Å²) >= 11 is 0. The third kappa shape index (κ3) is 9.00. The van der Waals surface area contributed by atoms with Crippen LogP contribution < -0.4 is 0 Å². The molecular formula is C59H49NO. The van der Waals surface area contributed by atoms with Gasteiger partial charge in [-0.15, -0.1) is 0 Å².